The van der Waals surface area contributed by atoms with E-state index >= 15 is 0 Å². The summed E-state index contributed by atoms with van der Waals surface area (Å²) in [5.74, 6) is -5.85. The van der Waals surface area contributed by atoms with Crippen molar-refractivity contribution < 1.29 is 70.2 Å². The molecule has 0 fully saturated rings. The van der Waals surface area contributed by atoms with Crippen LogP contribution in [0.25, 0.3) is 0 Å². The molecule has 0 bridgehead atoms. The first-order valence-electron chi connectivity index (χ1n) is 6.64. The monoisotopic (exact) mass is 428 g/mol. The largest absolute Gasteiger partial charge is 0.479 e. The average molecular weight is 428 g/mol. The summed E-state index contributed by atoms with van der Waals surface area (Å²) in [5.41, 5.74) is 0. The van der Waals surface area contributed by atoms with E-state index in [1.165, 1.54) is 0 Å². The fourth-order valence-corrected chi connectivity index (χ4v) is 1.21. The predicted octanol–water partition coefficient (Wildman–Crippen LogP) is -6.95. The van der Waals surface area contributed by atoms with Crippen molar-refractivity contribution in [2.45, 2.75) is 36.6 Å². The minimum absolute atomic E-state index is 0. The van der Waals surface area contributed by atoms with Crippen LogP contribution in [0.15, 0.2) is 0 Å². The van der Waals surface area contributed by atoms with Gasteiger partial charge in [0.25, 0.3) is 0 Å². The number of ketones is 2. The summed E-state index contributed by atoms with van der Waals surface area (Å²) < 4.78 is 0. The van der Waals surface area contributed by atoms with Crippen LogP contribution in [0, 0.1) is 0 Å². The van der Waals surface area contributed by atoms with Crippen molar-refractivity contribution in [2.24, 2.45) is 0 Å². The van der Waals surface area contributed by atoms with Gasteiger partial charge in [-0.3, -0.25) is 9.59 Å². The number of hydrogen-bond donors (Lipinski definition) is 10. The zero-order valence-electron chi connectivity index (χ0n) is 13.7. The van der Waals surface area contributed by atoms with Gasteiger partial charge in [0.15, 0.2) is 23.8 Å². The third-order valence-electron chi connectivity index (χ3n) is 2.77. The van der Waals surface area contributed by atoms with Crippen LogP contribution in [0.2, 0.25) is 0 Å². The SMILES string of the molecule is O=C(O)C(O)C(O)C(O)C(=O)CO.O=C(O)C(O)C(O)C(O)C(=O)CO.[Ca]. The summed E-state index contributed by atoms with van der Waals surface area (Å²) >= 11 is 0. The van der Waals surface area contributed by atoms with Gasteiger partial charge in [-0.15, -0.1) is 0 Å². The number of carboxylic acids is 2. The molecule has 0 aliphatic heterocycles. The molecule has 10 N–H and O–H groups in total. The molecule has 0 aliphatic carbocycles. The number of Topliss-reactive ketones (excluding diaryl/α,β-unsaturated/α-hetero) is 2. The van der Waals surface area contributed by atoms with Gasteiger partial charge in [-0.2, -0.15) is 0 Å². The van der Waals surface area contributed by atoms with Crippen LogP contribution in [0.5, 0.6) is 0 Å². The fraction of sp³-hybridized carbons (Fsp3) is 0.667. The Labute approximate surface area is 180 Å². The molecule has 6 atom stereocenters. The molecule has 0 aliphatic rings. The summed E-state index contributed by atoms with van der Waals surface area (Å²) in [5, 5.41) is 85.4. The van der Waals surface area contributed by atoms with Crippen molar-refractivity contribution >= 4 is 61.2 Å². The predicted molar refractivity (Wildman–Crippen MR) is 81.3 cm³/mol. The Hall–Kier alpha value is -0.780. The molecule has 2 radical (unpaired) electrons. The molecule has 0 rings (SSSR count). The van der Waals surface area contributed by atoms with Gasteiger partial charge in [-0.25, -0.2) is 9.59 Å². The number of carbonyl (C=O) groups is 4. The van der Waals surface area contributed by atoms with E-state index in [1.807, 2.05) is 0 Å². The van der Waals surface area contributed by atoms with Gasteiger partial charge in [0.05, 0.1) is 0 Å². The normalized spacial score (nSPS) is 16.9. The summed E-state index contributed by atoms with van der Waals surface area (Å²) in [6, 6.07) is 0. The maximum absolute atomic E-state index is 10.5. The Morgan fingerprint density at radius 2 is 0.778 bits per heavy atom. The van der Waals surface area contributed by atoms with Crippen LogP contribution in [0.1, 0.15) is 0 Å². The van der Waals surface area contributed by atoms with Crippen LogP contribution in [-0.2, 0) is 19.2 Å². The van der Waals surface area contributed by atoms with E-state index in [1.54, 1.807) is 0 Å². The van der Waals surface area contributed by atoms with E-state index in [0.29, 0.717) is 0 Å². The molecular weight excluding hydrogens is 408 g/mol. The van der Waals surface area contributed by atoms with Crippen molar-refractivity contribution in [3.05, 3.63) is 0 Å². The second-order valence-corrected chi connectivity index (χ2v) is 4.69. The standard InChI is InChI=1S/2C6H10O7.Ca/c2*7-1-2(8)3(9)4(10)5(11)6(12)13;/h2*3-5,7,9-11H,1H2,(H,12,13);. The van der Waals surface area contributed by atoms with Crippen molar-refractivity contribution in [1.29, 1.82) is 0 Å². The Bertz CT molecular complexity index is 452. The number of hydrogen-bond acceptors (Lipinski definition) is 12. The topological polar surface area (TPSA) is 271 Å². The Kier molecular flexibility index (Phi) is 17.4. The molecular formula is C12H20CaO14. The Morgan fingerprint density at radius 1 is 0.556 bits per heavy atom. The number of carbonyl (C=O) groups excluding carboxylic acids is 2. The zero-order valence-corrected chi connectivity index (χ0v) is 15.9. The van der Waals surface area contributed by atoms with Gasteiger partial charge in [0, 0.05) is 37.7 Å². The van der Waals surface area contributed by atoms with Gasteiger partial charge in [0.2, 0.25) is 0 Å². The van der Waals surface area contributed by atoms with E-state index in [0.717, 1.165) is 0 Å². The zero-order chi connectivity index (χ0) is 21.2. The van der Waals surface area contributed by atoms with Crippen LogP contribution < -0.4 is 0 Å². The molecule has 0 saturated carbocycles. The average Bonchev–Trinajstić information content (AvgIpc) is 2.62. The van der Waals surface area contributed by atoms with Crippen molar-refractivity contribution in [3.63, 3.8) is 0 Å². The van der Waals surface area contributed by atoms with E-state index < -0.39 is 73.3 Å². The molecule has 154 valence electrons. The number of rotatable bonds is 10. The Morgan fingerprint density at radius 3 is 0.926 bits per heavy atom. The molecule has 0 heterocycles. The number of carboxylic acid groups (broad SMARTS) is 2. The molecule has 0 amide bonds. The van der Waals surface area contributed by atoms with E-state index in [-0.39, 0.29) is 37.7 Å². The van der Waals surface area contributed by atoms with Crippen LogP contribution in [-0.4, -0.2) is 162 Å². The molecule has 15 heteroatoms. The summed E-state index contributed by atoms with van der Waals surface area (Å²) in [6.07, 6.45) is -13.0. The molecule has 27 heavy (non-hydrogen) atoms. The minimum atomic E-state index is -2.26. The van der Waals surface area contributed by atoms with Crippen molar-refractivity contribution in [1.82, 2.24) is 0 Å². The second kappa shape index (κ2) is 15.2. The fourth-order valence-electron chi connectivity index (χ4n) is 1.21. The number of aliphatic carboxylic acids is 2. The maximum Gasteiger partial charge on any atom is 0.335 e. The van der Waals surface area contributed by atoms with Crippen LogP contribution >= 0.6 is 0 Å². The molecule has 0 aromatic carbocycles. The first kappa shape index (κ1) is 30.9. The van der Waals surface area contributed by atoms with Crippen molar-refractivity contribution in [2.75, 3.05) is 13.2 Å². The third kappa shape index (κ3) is 11.0. The smallest absolute Gasteiger partial charge is 0.335 e. The van der Waals surface area contributed by atoms with Crippen LogP contribution in [0.4, 0.5) is 0 Å². The number of aliphatic hydroxyl groups is 8. The van der Waals surface area contributed by atoms with Gasteiger partial charge < -0.3 is 51.1 Å². The van der Waals surface area contributed by atoms with Gasteiger partial charge in [-0.1, -0.05) is 0 Å². The van der Waals surface area contributed by atoms with Gasteiger partial charge in [-0.05, 0) is 0 Å². The first-order chi connectivity index (χ1) is 11.8. The van der Waals surface area contributed by atoms with E-state index in [2.05, 4.69) is 0 Å². The second-order valence-electron chi connectivity index (χ2n) is 4.69. The molecule has 0 aromatic rings. The summed E-state index contributed by atoms with van der Waals surface area (Å²) in [7, 11) is 0. The molecule has 0 aromatic heterocycles. The molecule has 0 spiro atoms. The maximum atomic E-state index is 10.5. The molecule has 0 saturated heterocycles. The minimum Gasteiger partial charge on any atom is -0.479 e. The van der Waals surface area contributed by atoms with E-state index in [4.69, 9.17) is 51.1 Å². The molecule has 14 nitrogen and oxygen atoms in total. The first-order valence-corrected chi connectivity index (χ1v) is 6.64. The quantitative estimate of drug-likeness (QED) is 0.145. The van der Waals surface area contributed by atoms with Gasteiger partial charge >= 0.3 is 11.9 Å². The van der Waals surface area contributed by atoms with Crippen LogP contribution in [0.3, 0.4) is 0 Å². The number of aliphatic hydroxyl groups excluding tert-OH is 8. The summed E-state index contributed by atoms with van der Waals surface area (Å²) in [6.45, 7) is -2.07. The summed E-state index contributed by atoms with van der Waals surface area (Å²) in [4.78, 5) is 41.2. The van der Waals surface area contributed by atoms with Gasteiger partial charge in [0.1, 0.15) is 37.6 Å². The third-order valence-corrected chi connectivity index (χ3v) is 2.77. The molecule has 6 unspecified atom stereocenters. The Balaban J connectivity index is -0.000000411. The van der Waals surface area contributed by atoms with E-state index in [9.17, 15) is 19.2 Å². The van der Waals surface area contributed by atoms with Crippen molar-refractivity contribution in [3.8, 4) is 0 Å².